The van der Waals surface area contributed by atoms with Gasteiger partial charge in [-0.25, -0.2) is 4.39 Å². The van der Waals surface area contributed by atoms with Crippen LogP contribution < -0.4 is 4.74 Å². The maximum atomic E-state index is 14.0. The third-order valence-electron chi connectivity index (χ3n) is 3.13. The Morgan fingerprint density at radius 3 is 2.83 bits per heavy atom. The van der Waals surface area contributed by atoms with E-state index in [9.17, 15) is 9.18 Å². The van der Waals surface area contributed by atoms with Crippen molar-refractivity contribution in [3.8, 4) is 16.9 Å². The standard InChI is InChI=1S/C15H11FO2/c16-14-8-10(9-17)4-5-12(14)13-3-1-2-11-6-7-18-15(11)13/h1-5,8-9H,6-7H2. The molecule has 1 aliphatic rings. The maximum Gasteiger partial charge on any atom is 0.150 e. The molecule has 3 heteroatoms. The molecule has 2 aromatic carbocycles. The predicted molar refractivity (Wildman–Crippen MR) is 66.4 cm³/mol. The second kappa shape index (κ2) is 4.26. The average Bonchev–Trinajstić information content (AvgIpc) is 2.87. The lowest BCUT2D eigenvalue weighted by Gasteiger charge is -2.09. The molecule has 2 aromatic rings. The summed E-state index contributed by atoms with van der Waals surface area (Å²) in [6, 6.07) is 10.2. The zero-order valence-electron chi connectivity index (χ0n) is 9.65. The van der Waals surface area contributed by atoms with E-state index < -0.39 is 5.82 Å². The Kier molecular flexibility index (Phi) is 2.59. The molecule has 0 saturated carbocycles. The minimum absolute atomic E-state index is 0.338. The van der Waals surface area contributed by atoms with Crippen LogP contribution in [0, 0.1) is 5.82 Å². The zero-order chi connectivity index (χ0) is 12.5. The third-order valence-corrected chi connectivity index (χ3v) is 3.13. The third kappa shape index (κ3) is 1.68. The van der Waals surface area contributed by atoms with Gasteiger partial charge >= 0.3 is 0 Å². The fraction of sp³-hybridized carbons (Fsp3) is 0.133. The van der Waals surface area contributed by atoms with Crippen LogP contribution in [0.25, 0.3) is 11.1 Å². The number of halogens is 1. The van der Waals surface area contributed by atoms with Gasteiger partial charge in [0.2, 0.25) is 0 Å². The molecule has 0 radical (unpaired) electrons. The Hall–Kier alpha value is -2.16. The van der Waals surface area contributed by atoms with Gasteiger partial charge in [0.25, 0.3) is 0 Å². The molecular weight excluding hydrogens is 231 g/mol. The molecule has 0 saturated heterocycles. The van der Waals surface area contributed by atoms with Gasteiger partial charge in [0.15, 0.2) is 0 Å². The van der Waals surface area contributed by atoms with Crippen LogP contribution >= 0.6 is 0 Å². The highest BCUT2D eigenvalue weighted by Crippen LogP contribution is 2.37. The van der Waals surface area contributed by atoms with E-state index >= 15 is 0 Å². The van der Waals surface area contributed by atoms with Crippen LogP contribution in [-0.2, 0) is 6.42 Å². The average molecular weight is 242 g/mol. The second-order valence-corrected chi connectivity index (χ2v) is 4.25. The summed E-state index contributed by atoms with van der Waals surface area (Å²) in [6.07, 6.45) is 1.50. The Morgan fingerprint density at radius 2 is 2.06 bits per heavy atom. The summed E-state index contributed by atoms with van der Waals surface area (Å²) >= 11 is 0. The smallest absolute Gasteiger partial charge is 0.150 e. The molecule has 0 amide bonds. The minimum atomic E-state index is -0.400. The van der Waals surface area contributed by atoms with Crippen LogP contribution in [-0.4, -0.2) is 12.9 Å². The minimum Gasteiger partial charge on any atom is -0.492 e. The molecule has 2 nitrogen and oxygen atoms in total. The molecule has 0 N–H and O–H groups in total. The summed E-state index contributed by atoms with van der Waals surface area (Å²) in [4.78, 5) is 10.6. The van der Waals surface area contributed by atoms with Crippen molar-refractivity contribution < 1.29 is 13.9 Å². The van der Waals surface area contributed by atoms with Gasteiger partial charge in [0, 0.05) is 23.1 Å². The molecule has 0 fully saturated rings. The monoisotopic (exact) mass is 242 g/mol. The highest BCUT2D eigenvalue weighted by molar-refractivity contribution is 5.79. The van der Waals surface area contributed by atoms with Crippen LogP contribution in [0.4, 0.5) is 4.39 Å². The van der Waals surface area contributed by atoms with Gasteiger partial charge < -0.3 is 4.74 Å². The van der Waals surface area contributed by atoms with Crippen LogP contribution in [0.2, 0.25) is 0 Å². The van der Waals surface area contributed by atoms with Crippen LogP contribution in [0.3, 0.4) is 0 Å². The van der Waals surface area contributed by atoms with E-state index in [4.69, 9.17) is 4.74 Å². The molecule has 0 atom stereocenters. The van der Waals surface area contributed by atoms with Crippen molar-refractivity contribution in [3.63, 3.8) is 0 Å². The molecule has 0 spiro atoms. The van der Waals surface area contributed by atoms with Gasteiger partial charge in [-0.15, -0.1) is 0 Å². The molecule has 0 unspecified atom stereocenters. The van der Waals surface area contributed by atoms with Crippen molar-refractivity contribution in [1.29, 1.82) is 0 Å². The molecule has 90 valence electrons. The fourth-order valence-electron chi connectivity index (χ4n) is 2.25. The second-order valence-electron chi connectivity index (χ2n) is 4.25. The van der Waals surface area contributed by atoms with Gasteiger partial charge in [-0.2, -0.15) is 0 Å². The van der Waals surface area contributed by atoms with Crippen molar-refractivity contribution in [2.75, 3.05) is 6.61 Å². The summed E-state index contributed by atoms with van der Waals surface area (Å²) in [7, 11) is 0. The Balaban J connectivity index is 2.16. The van der Waals surface area contributed by atoms with Crippen molar-refractivity contribution in [3.05, 3.63) is 53.3 Å². The van der Waals surface area contributed by atoms with E-state index in [0.717, 1.165) is 23.3 Å². The summed E-state index contributed by atoms with van der Waals surface area (Å²) < 4.78 is 19.5. The maximum absolute atomic E-state index is 14.0. The zero-order valence-corrected chi connectivity index (χ0v) is 9.65. The number of carbonyl (C=O) groups excluding carboxylic acids is 1. The number of ether oxygens (including phenoxy) is 1. The molecule has 0 aromatic heterocycles. The van der Waals surface area contributed by atoms with Gasteiger partial charge in [-0.1, -0.05) is 30.3 Å². The number of rotatable bonds is 2. The molecule has 1 aliphatic heterocycles. The fourth-order valence-corrected chi connectivity index (χ4v) is 2.25. The Morgan fingerprint density at radius 1 is 1.17 bits per heavy atom. The van der Waals surface area contributed by atoms with E-state index in [1.807, 2.05) is 18.2 Å². The van der Waals surface area contributed by atoms with E-state index in [-0.39, 0.29) is 0 Å². The SMILES string of the molecule is O=Cc1ccc(-c2cccc3c2OCC3)c(F)c1. The summed E-state index contributed by atoms with van der Waals surface area (Å²) in [5, 5.41) is 0. The van der Waals surface area contributed by atoms with E-state index in [0.29, 0.717) is 24.0 Å². The first-order chi connectivity index (χ1) is 8.79. The van der Waals surface area contributed by atoms with Gasteiger partial charge in [-0.05, 0) is 11.6 Å². The first-order valence-electron chi connectivity index (χ1n) is 5.79. The van der Waals surface area contributed by atoms with E-state index in [1.54, 1.807) is 12.1 Å². The van der Waals surface area contributed by atoms with Gasteiger partial charge in [0.1, 0.15) is 17.9 Å². The normalized spacial score (nSPS) is 12.9. The predicted octanol–water partition coefficient (Wildman–Crippen LogP) is 3.24. The van der Waals surface area contributed by atoms with Gasteiger partial charge in [0.05, 0.1) is 6.61 Å². The van der Waals surface area contributed by atoms with Crippen LogP contribution in [0.1, 0.15) is 15.9 Å². The number of hydrogen-bond donors (Lipinski definition) is 0. The largest absolute Gasteiger partial charge is 0.492 e. The molecule has 0 aliphatic carbocycles. The molecular formula is C15H11FO2. The number of fused-ring (bicyclic) bond motifs is 1. The highest BCUT2D eigenvalue weighted by atomic mass is 19.1. The first-order valence-corrected chi connectivity index (χ1v) is 5.79. The summed E-state index contributed by atoms with van der Waals surface area (Å²) in [5.41, 5.74) is 2.66. The molecule has 18 heavy (non-hydrogen) atoms. The van der Waals surface area contributed by atoms with Crippen molar-refractivity contribution >= 4 is 6.29 Å². The molecule has 1 heterocycles. The topological polar surface area (TPSA) is 26.3 Å². The number of hydrogen-bond acceptors (Lipinski definition) is 2. The summed E-state index contributed by atoms with van der Waals surface area (Å²) in [5.74, 6) is 0.360. The van der Waals surface area contributed by atoms with Crippen molar-refractivity contribution in [1.82, 2.24) is 0 Å². The lowest BCUT2D eigenvalue weighted by molar-refractivity contribution is 0.112. The van der Waals surface area contributed by atoms with Crippen molar-refractivity contribution in [2.24, 2.45) is 0 Å². The Labute approximate surface area is 104 Å². The lowest BCUT2D eigenvalue weighted by atomic mass is 10.00. The van der Waals surface area contributed by atoms with Gasteiger partial charge in [-0.3, -0.25) is 4.79 Å². The number of aldehydes is 1. The Bertz CT molecular complexity index is 620. The molecule has 3 rings (SSSR count). The van der Waals surface area contributed by atoms with Crippen LogP contribution in [0.5, 0.6) is 5.75 Å². The van der Waals surface area contributed by atoms with E-state index in [2.05, 4.69) is 0 Å². The quantitative estimate of drug-likeness (QED) is 0.756. The van der Waals surface area contributed by atoms with Crippen LogP contribution in [0.15, 0.2) is 36.4 Å². The lowest BCUT2D eigenvalue weighted by Crippen LogP contribution is -1.92. The molecule has 0 bridgehead atoms. The number of benzene rings is 2. The number of para-hydroxylation sites is 1. The van der Waals surface area contributed by atoms with Crippen molar-refractivity contribution in [2.45, 2.75) is 6.42 Å². The summed E-state index contributed by atoms with van der Waals surface area (Å²) in [6.45, 7) is 0.639. The number of carbonyl (C=O) groups is 1. The highest BCUT2D eigenvalue weighted by Gasteiger charge is 2.18. The first kappa shape index (κ1) is 11.0. The van der Waals surface area contributed by atoms with E-state index in [1.165, 1.54) is 6.07 Å².